The highest BCUT2D eigenvalue weighted by Gasteiger charge is 2.30. The van der Waals surface area contributed by atoms with Gasteiger partial charge in [0.25, 0.3) is 5.91 Å². The molecule has 2 saturated heterocycles. The number of amides is 1. The fraction of sp³-hybridized carbons (Fsp3) is 0.684. The molecular formula is C19H29N7O. The summed E-state index contributed by atoms with van der Waals surface area (Å²) in [6.07, 6.45) is 4.58. The number of likely N-dealkylation sites (tertiary alicyclic amines) is 2. The van der Waals surface area contributed by atoms with Gasteiger partial charge >= 0.3 is 0 Å². The summed E-state index contributed by atoms with van der Waals surface area (Å²) >= 11 is 0. The van der Waals surface area contributed by atoms with Crippen molar-refractivity contribution in [3.8, 4) is 0 Å². The maximum Gasteiger partial charge on any atom is 0.272 e. The lowest BCUT2D eigenvalue weighted by molar-refractivity contribution is 0.0692. The minimum atomic E-state index is 0.0576. The first-order chi connectivity index (χ1) is 13.0. The van der Waals surface area contributed by atoms with Gasteiger partial charge in [-0.3, -0.25) is 14.4 Å². The topological polar surface area (TPSA) is 72.1 Å². The second-order valence-corrected chi connectivity index (χ2v) is 7.90. The van der Waals surface area contributed by atoms with Crippen molar-refractivity contribution in [3.63, 3.8) is 0 Å². The van der Waals surface area contributed by atoms with Gasteiger partial charge in [0, 0.05) is 33.1 Å². The standard InChI is InChI=1S/C19H29N7O/c1-14-11-16(24(3)22-14)19(27)26-10-6-7-15(12-26)18-21-20-17(23(18)2)13-25-8-4-5-9-25/h11,15H,4-10,12-13H2,1-3H3/t15-/m1/s1. The summed E-state index contributed by atoms with van der Waals surface area (Å²) in [7, 11) is 3.89. The lowest BCUT2D eigenvalue weighted by atomic mass is 9.97. The van der Waals surface area contributed by atoms with Gasteiger partial charge < -0.3 is 9.47 Å². The van der Waals surface area contributed by atoms with E-state index in [0.717, 1.165) is 56.4 Å². The number of aromatic nitrogens is 5. The largest absolute Gasteiger partial charge is 0.337 e. The maximum atomic E-state index is 12.9. The quantitative estimate of drug-likeness (QED) is 0.814. The molecule has 8 nitrogen and oxygen atoms in total. The van der Waals surface area contributed by atoms with E-state index < -0.39 is 0 Å². The van der Waals surface area contributed by atoms with Crippen LogP contribution in [-0.4, -0.2) is 66.4 Å². The molecule has 0 aliphatic carbocycles. The minimum absolute atomic E-state index is 0.0576. The lowest BCUT2D eigenvalue weighted by Gasteiger charge is -2.32. The Balaban J connectivity index is 1.47. The Labute approximate surface area is 160 Å². The molecule has 4 heterocycles. The van der Waals surface area contributed by atoms with Crippen LogP contribution in [0.4, 0.5) is 0 Å². The molecule has 27 heavy (non-hydrogen) atoms. The van der Waals surface area contributed by atoms with Crippen LogP contribution in [0.3, 0.4) is 0 Å². The summed E-state index contributed by atoms with van der Waals surface area (Å²) in [5, 5.41) is 13.3. The number of carbonyl (C=O) groups excluding carboxylic acids is 1. The number of hydrogen-bond acceptors (Lipinski definition) is 5. The molecular weight excluding hydrogens is 342 g/mol. The Kier molecular flexibility index (Phi) is 4.99. The third-order valence-electron chi connectivity index (χ3n) is 5.86. The van der Waals surface area contributed by atoms with Crippen molar-refractivity contribution in [2.45, 2.75) is 45.1 Å². The number of aryl methyl sites for hydroxylation is 2. The average Bonchev–Trinajstić information content (AvgIpc) is 3.37. The highest BCUT2D eigenvalue weighted by Crippen LogP contribution is 2.27. The first kappa shape index (κ1) is 18.2. The predicted octanol–water partition coefficient (Wildman–Crippen LogP) is 1.47. The molecule has 0 unspecified atom stereocenters. The molecule has 2 aromatic rings. The van der Waals surface area contributed by atoms with Crippen LogP contribution in [0.5, 0.6) is 0 Å². The first-order valence-electron chi connectivity index (χ1n) is 9.93. The van der Waals surface area contributed by atoms with E-state index in [4.69, 9.17) is 0 Å². The first-order valence-corrected chi connectivity index (χ1v) is 9.93. The van der Waals surface area contributed by atoms with Crippen LogP contribution in [0.2, 0.25) is 0 Å². The van der Waals surface area contributed by atoms with Gasteiger partial charge in [0.05, 0.1) is 12.2 Å². The molecule has 0 aromatic carbocycles. The van der Waals surface area contributed by atoms with Crippen molar-refractivity contribution >= 4 is 5.91 Å². The molecule has 2 aliphatic heterocycles. The van der Waals surface area contributed by atoms with Crippen LogP contribution >= 0.6 is 0 Å². The lowest BCUT2D eigenvalue weighted by Crippen LogP contribution is -2.40. The van der Waals surface area contributed by atoms with Crippen molar-refractivity contribution in [2.75, 3.05) is 26.2 Å². The molecule has 0 spiro atoms. The van der Waals surface area contributed by atoms with E-state index >= 15 is 0 Å². The van der Waals surface area contributed by atoms with Crippen LogP contribution in [0, 0.1) is 6.92 Å². The van der Waals surface area contributed by atoms with E-state index in [9.17, 15) is 4.79 Å². The maximum absolute atomic E-state index is 12.9. The highest BCUT2D eigenvalue weighted by molar-refractivity contribution is 5.92. The van der Waals surface area contributed by atoms with E-state index in [1.165, 1.54) is 12.8 Å². The number of piperidine rings is 1. The summed E-state index contributed by atoms with van der Waals surface area (Å²) in [4.78, 5) is 17.3. The van der Waals surface area contributed by atoms with Gasteiger partial charge in [0.1, 0.15) is 17.3 Å². The Hall–Kier alpha value is -2.22. The molecule has 2 aromatic heterocycles. The smallest absolute Gasteiger partial charge is 0.272 e. The number of carbonyl (C=O) groups is 1. The Morgan fingerprint density at radius 2 is 1.93 bits per heavy atom. The zero-order valence-electron chi connectivity index (χ0n) is 16.6. The van der Waals surface area contributed by atoms with Crippen molar-refractivity contribution in [2.24, 2.45) is 14.1 Å². The summed E-state index contributed by atoms with van der Waals surface area (Å²) < 4.78 is 3.82. The second-order valence-electron chi connectivity index (χ2n) is 7.90. The van der Waals surface area contributed by atoms with Gasteiger partial charge in [-0.1, -0.05) is 0 Å². The summed E-state index contributed by atoms with van der Waals surface area (Å²) in [5.74, 6) is 2.32. The molecule has 4 rings (SSSR count). The third-order valence-corrected chi connectivity index (χ3v) is 5.86. The zero-order valence-corrected chi connectivity index (χ0v) is 16.6. The van der Waals surface area contributed by atoms with Crippen LogP contribution in [0.1, 0.15) is 59.4 Å². The minimum Gasteiger partial charge on any atom is -0.337 e. The predicted molar refractivity (Wildman–Crippen MR) is 101 cm³/mol. The summed E-state index contributed by atoms with van der Waals surface area (Å²) in [6, 6.07) is 1.86. The fourth-order valence-corrected chi connectivity index (χ4v) is 4.35. The van der Waals surface area contributed by atoms with Gasteiger partial charge in [0.15, 0.2) is 0 Å². The molecule has 146 valence electrons. The number of rotatable bonds is 4. The van der Waals surface area contributed by atoms with E-state index in [-0.39, 0.29) is 11.8 Å². The van der Waals surface area contributed by atoms with Crippen LogP contribution < -0.4 is 0 Å². The highest BCUT2D eigenvalue weighted by atomic mass is 16.2. The molecule has 0 saturated carbocycles. The summed E-state index contributed by atoms with van der Waals surface area (Å²) in [5.41, 5.74) is 1.52. The van der Waals surface area contributed by atoms with Crippen molar-refractivity contribution < 1.29 is 4.79 Å². The van der Waals surface area contributed by atoms with Crippen molar-refractivity contribution in [3.05, 3.63) is 29.1 Å². The summed E-state index contributed by atoms with van der Waals surface area (Å²) in [6.45, 7) is 6.57. The molecule has 0 bridgehead atoms. The zero-order chi connectivity index (χ0) is 19.0. The van der Waals surface area contributed by atoms with Crippen molar-refractivity contribution in [1.29, 1.82) is 0 Å². The number of nitrogens with zero attached hydrogens (tertiary/aromatic N) is 7. The van der Waals surface area contributed by atoms with Crippen molar-refractivity contribution in [1.82, 2.24) is 34.3 Å². The van der Waals surface area contributed by atoms with Crippen LogP contribution in [0.15, 0.2) is 6.07 Å². The Morgan fingerprint density at radius 3 is 2.63 bits per heavy atom. The third kappa shape index (κ3) is 3.63. The van der Waals surface area contributed by atoms with Gasteiger partial charge in [-0.25, -0.2) is 0 Å². The average molecular weight is 371 g/mol. The van der Waals surface area contributed by atoms with Gasteiger partial charge in [-0.15, -0.1) is 10.2 Å². The van der Waals surface area contributed by atoms with E-state index in [1.807, 2.05) is 24.9 Å². The SMILES string of the molecule is Cc1cc(C(=O)N2CCC[C@@H](c3nnc(CN4CCCC4)n3C)C2)n(C)n1. The van der Waals surface area contributed by atoms with Gasteiger partial charge in [0.2, 0.25) is 0 Å². The Morgan fingerprint density at radius 1 is 1.15 bits per heavy atom. The van der Waals surface area contributed by atoms with E-state index in [1.54, 1.807) is 4.68 Å². The molecule has 0 radical (unpaired) electrons. The van der Waals surface area contributed by atoms with Crippen LogP contribution in [-0.2, 0) is 20.6 Å². The Bertz CT molecular complexity index is 818. The van der Waals surface area contributed by atoms with E-state index in [2.05, 4.69) is 31.8 Å². The van der Waals surface area contributed by atoms with E-state index in [0.29, 0.717) is 12.2 Å². The number of hydrogen-bond donors (Lipinski definition) is 0. The fourth-order valence-electron chi connectivity index (χ4n) is 4.35. The molecule has 2 aliphatic rings. The molecule has 1 amide bonds. The second kappa shape index (κ2) is 7.42. The molecule has 0 N–H and O–H groups in total. The normalized spacial score (nSPS) is 21.1. The molecule has 1 atom stereocenters. The van der Waals surface area contributed by atoms with Crippen LogP contribution in [0.25, 0.3) is 0 Å². The van der Waals surface area contributed by atoms with Gasteiger partial charge in [-0.05, 0) is 51.8 Å². The molecule has 2 fully saturated rings. The monoisotopic (exact) mass is 371 g/mol. The van der Waals surface area contributed by atoms with Gasteiger partial charge in [-0.2, -0.15) is 5.10 Å². The molecule has 8 heteroatoms.